The first-order valence-electron chi connectivity index (χ1n) is 13.6. The number of rotatable bonds is 8. The molecule has 4 aliphatic heterocycles. The summed E-state index contributed by atoms with van der Waals surface area (Å²) in [7, 11) is 1.59. The number of amides is 3. The van der Waals surface area contributed by atoms with E-state index >= 15 is 0 Å². The molecule has 0 aliphatic carbocycles. The van der Waals surface area contributed by atoms with Gasteiger partial charge in [-0.1, -0.05) is 38.2 Å². The van der Waals surface area contributed by atoms with Gasteiger partial charge in [-0.15, -0.1) is 0 Å². The van der Waals surface area contributed by atoms with Crippen molar-refractivity contribution in [1.82, 2.24) is 9.80 Å². The lowest BCUT2D eigenvalue weighted by atomic mass is 9.73. The highest BCUT2D eigenvalue weighted by Gasteiger charge is 2.75. The van der Waals surface area contributed by atoms with E-state index in [9.17, 15) is 19.5 Å². The molecule has 1 aromatic rings. The molecule has 0 bridgehead atoms. The third-order valence-electron chi connectivity index (χ3n) is 8.46. The second-order valence-electron chi connectivity index (χ2n) is 10.5. The molecule has 9 heteroatoms. The minimum atomic E-state index is -1.29. The summed E-state index contributed by atoms with van der Waals surface area (Å²) >= 11 is 0. The number of aliphatic hydroxyl groups excluding tert-OH is 1. The average Bonchev–Trinajstić information content (AvgIpc) is 3.22. The molecule has 4 heterocycles. The second-order valence-corrected chi connectivity index (χ2v) is 10.5. The van der Waals surface area contributed by atoms with Crippen LogP contribution in [0.25, 0.3) is 0 Å². The standard InChI is InChI=1S/C29H37N3O6/c1-4-15-30-16-6-13-28(5-2)22(25(30)34)23-26(35)32(18-8-19-33)24-27(36)31(17-7-14-29(23,24)38-28)20-9-11-21(37-3)12-10-20/h6-7,9-14,22-24,33H,4-5,8,15-19H2,1-3H3/t22-,23+,24?,28+,29+/m1/s1. The van der Waals surface area contributed by atoms with Crippen LogP contribution in [0.2, 0.25) is 0 Å². The first-order valence-corrected chi connectivity index (χ1v) is 13.6. The van der Waals surface area contributed by atoms with E-state index in [1.54, 1.807) is 33.9 Å². The Morgan fingerprint density at radius 3 is 2.37 bits per heavy atom. The third kappa shape index (κ3) is 3.86. The first-order chi connectivity index (χ1) is 18.4. The number of likely N-dealkylation sites (tertiary alicyclic amines) is 1. The highest BCUT2D eigenvalue weighted by molar-refractivity contribution is 6.06. The Balaban J connectivity index is 1.62. The Hall–Kier alpha value is -3.17. The van der Waals surface area contributed by atoms with Gasteiger partial charge in [0.25, 0.3) is 5.91 Å². The number of ether oxygens (including phenoxy) is 2. The number of carbonyl (C=O) groups is 3. The number of fused-ring (bicyclic) bond motifs is 2. The smallest absolute Gasteiger partial charge is 0.253 e. The first kappa shape index (κ1) is 26.4. The van der Waals surface area contributed by atoms with Crippen LogP contribution in [-0.2, 0) is 19.1 Å². The minimum absolute atomic E-state index is 0.103. The summed E-state index contributed by atoms with van der Waals surface area (Å²) in [6.45, 7) is 5.44. The molecule has 1 N–H and O–H groups in total. The van der Waals surface area contributed by atoms with Crippen molar-refractivity contribution in [3.63, 3.8) is 0 Å². The molecule has 2 saturated heterocycles. The zero-order valence-electron chi connectivity index (χ0n) is 22.3. The van der Waals surface area contributed by atoms with Crippen LogP contribution in [0.3, 0.4) is 0 Å². The molecule has 5 rings (SSSR count). The van der Waals surface area contributed by atoms with E-state index in [0.717, 1.165) is 6.42 Å². The molecular weight excluding hydrogens is 486 g/mol. The number of hydrogen-bond donors (Lipinski definition) is 1. The van der Waals surface area contributed by atoms with Gasteiger partial charge in [-0.05, 0) is 43.5 Å². The lowest BCUT2D eigenvalue weighted by Gasteiger charge is -2.38. The van der Waals surface area contributed by atoms with Gasteiger partial charge < -0.3 is 29.3 Å². The summed E-state index contributed by atoms with van der Waals surface area (Å²) < 4.78 is 12.2. The monoisotopic (exact) mass is 523 g/mol. The Bertz CT molecular complexity index is 1150. The van der Waals surface area contributed by atoms with E-state index in [0.29, 0.717) is 43.9 Å². The predicted molar refractivity (Wildman–Crippen MR) is 142 cm³/mol. The summed E-state index contributed by atoms with van der Waals surface area (Å²) in [5.74, 6) is -1.53. The zero-order valence-corrected chi connectivity index (χ0v) is 22.3. The molecule has 3 amide bonds. The van der Waals surface area contributed by atoms with Crippen LogP contribution < -0.4 is 9.64 Å². The number of benzene rings is 1. The Morgan fingerprint density at radius 1 is 0.974 bits per heavy atom. The molecule has 9 nitrogen and oxygen atoms in total. The van der Waals surface area contributed by atoms with Crippen LogP contribution in [0.5, 0.6) is 5.75 Å². The maximum atomic E-state index is 14.4. The van der Waals surface area contributed by atoms with E-state index in [2.05, 4.69) is 0 Å². The molecule has 4 aliphatic rings. The van der Waals surface area contributed by atoms with E-state index in [4.69, 9.17) is 9.47 Å². The second kappa shape index (κ2) is 10.2. The molecule has 0 saturated carbocycles. The quantitative estimate of drug-likeness (QED) is 0.525. The zero-order chi connectivity index (χ0) is 27.1. The normalized spacial score (nSPS) is 32.3. The number of carbonyl (C=O) groups excluding carboxylic acids is 3. The van der Waals surface area contributed by atoms with Crippen molar-refractivity contribution in [2.45, 2.75) is 50.4 Å². The van der Waals surface area contributed by atoms with Gasteiger partial charge in [0.15, 0.2) is 0 Å². The fourth-order valence-corrected chi connectivity index (χ4v) is 6.76. The van der Waals surface area contributed by atoms with Crippen LogP contribution >= 0.6 is 0 Å². The summed E-state index contributed by atoms with van der Waals surface area (Å²) in [6.07, 6.45) is 9.27. The van der Waals surface area contributed by atoms with Gasteiger partial charge in [-0.25, -0.2) is 0 Å². The molecule has 0 aromatic heterocycles. The third-order valence-corrected chi connectivity index (χ3v) is 8.46. The summed E-state index contributed by atoms with van der Waals surface area (Å²) in [5.41, 5.74) is -1.60. The lowest BCUT2D eigenvalue weighted by Crippen LogP contribution is -2.56. The van der Waals surface area contributed by atoms with Crippen molar-refractivity contribution >= 4 is 23.4 Å². The Kier molecular flexibility index (Phi) is 7.09. The molecule has 1 spiro atoms. The number of anilines is 1. The molecule has 1 aromatic carbocycles. The van der Waals surface area contributed by atoms with Crippen molar-refractivity contribution in [2.24, 2.45) is 11.8 Å². The van der Waals surface area contributed by atoms with E-state index in [1.807, 2.05) is 50.3 Å². The SMILES string of the molecule is CCCN1CC=C[C@]2(CC)O[C@]34C=CCN(c5ccc(OC)cc5)C(=O)C3N(CCCO)C(=O)[C@@H]4[C@@H]2C1=O. The molecule has 1 unspecified atom stereocenters. The van der Waals surface area contributed by atoms with Gasteiger partial charge in [0, 0.05) is 38.5 Å². The highest BCUT2D eigenvalue weighted by atomic mass is 16.5. The maximum absolute atomic E-state index is 14.4. The number of methoxy groups -OCH3 is 1. The largest absolute Gasteiger partial charge is 0.497 e. The molecule has 38 heavy (non-hydrogen) atoms. The van der Waals surface area contributed by atoms with Crippen LogP contribution in [-0.4, -0.2) is 89.8 Å². The molecule has 5 atom stereocenters. The van der Waals surface area contributed by atoms with Gasteiger partial charge in [0.05, 0.1) is 24.5 Å². The van der Waals surface area contributed by atoms with Crippen LogP contribution in [0.1, 0.15) is 33.1 Å². The fraction of sp³-hybridized carbons (Fsp3) is 0.552. The average molecular weight is 524 g/mol. The lowest BCUT2D eigenvalue weighted by molar-refractivity contribution is -0.150. The number of nitrogens with zero attached hydrogens (tertiary/aromatic N) is 3. The van der Waals surface area contributed by atoms with E-state index < -0.39 is 29.1 Å². The fourth-order valence-electron chi connectivity index (χ4n) is 6.76. The Morgan fingerprint density at radius 2 is 1.71 bits per heavy atom. The minimum Gasteiger partial charge on any atom is -0.497 e. The van der Waals surface area contributed by atoms with Crippen molar-refractivity contribution in [1.29, 1.82) is 0 Å². The molecular formula is C29H37N3O6. The topological polar surface area (TPSA) is 99.6 Å². The van der Waals surface area contributed by atoms with Crippen molar-refractivity contribution in [2.75, 3.05) is 44.8 Å². The summed E-state index contributed by atoms with van der Waals surface area (Å²) in [5, 5.41) is 9.59. The van der Waals surface area contributed by atoms with Crippen molar-refractivity contribution in [3.05, 3.63) is 48.6 Å². The van der Waals surface area contributed by atoms with Gasteiger partial charge in [-0.3, -0.25) is 14.4 Å². The van der Waals surface area contributed by atoms with Gasteiger partial charge in [0.1, 0.15) is 17.4 Å². The van der Waals surface area contributed by atoms with E-state index in [1.165, 1.54) is 0 Å². The molecule has 204 valence electrons. The number of aliphatic hydroxyl groups is 1. The van der Waals surface area contributed by atoms with Crippen LogP contribution in [0.4, 0.5) is 5.69 Å². The van der Waals surface area contributed by atoms with Crippen LogP contribution in [0.15, 0.2) is 48.6 Å². The molecule has 0 radical (unpaired) electrons. The maximum Gasteiger partial charge on any atom is 0.253 e. The number of hydrogen-bond acceptors (Lipinski definition) is 6. The van der Waals surface area contributed by atoms with Crippen LogP contribution in [0, 0.1) is 11.8 Å². The summed E-state index contributed by atoms with van der Waals surface area (Å²) in [4.78, 5) is 47.6. The molecule has 2 fully saturated rings. The summed E-state index contributed by atoms with van der Waals surface area (Å²) in [6, 6.07) is 6.26. The van der Waals surface area contributed by atoms with Crippen molar-refractivity contribution < 1.29 is 29.0 Å². The Labute approximate surface area is 223 Å². The van der Waals surface area contributed by atoms with Gasteiger partial charge in [0.2, 0.25) is 11.8 Å². The highest BCUT2D eigenvalue weighted by Crippen LogP contribution is 2.58. The van der Waals surface area contributed by atoms with E-state index in [-0.39, 0.29) is 30.9 Å². The van der Waals surface area contributed by atoms with Gasteiger partial charge in [-0.2, -0.15) is 0 Å². The predicted octanol–water partition coefficient (Wildman–Crippen LogP) is 2.15. The van der Waals surface area contributed by atoms with Gasteiger partial charge >= 0.3 is 0 Å². The van der Waals surface area contributed by atoms with Crippen molar-refractivity contribution in [3.8, 4) is 5.75 Å².